The number of unbranched alkanes of at least 4 members (excludes halogenated alkanes) is 1. The number of likely N-dealkylation sites (N-methyl/N-ethyl adjacent to an activating group) is 1. The van der Waals surface area contributed by atoms with Crippen LogP contribution in [-0.4, -0.2) is 37.6 Å². The Morgan fingerprint density at radius 3 is 2.88 bits per heavy atom. The summed E-state index contributed by atoms with van der Waals surface area (Å²) >= 11 is 0. The first-order valence-corrected chi connectivity index (χ1v) is 9.75. The van der Waals surface area contributed by atoms with Crippen molar-refractivity contribution in [2.75, 3.05) is 20.7 Å². The Bertz CT molecular complexity index is 697. The number of methoxy groups -OCH3 is 1. The third kappa shape index (κ3) is 3.52. The van der Waals surface area contributed by atoms with Crippen LogP contribution in [0.2, 0.25) is 0 Å². The zero-order chi connectivity index (χ0) is 18.7. The Hall–Kier alpha value is -1.81. The number of nitrogens with zero attached hydrogens (tertiary/aromatic N) is 1. The fourth-order valence-electron chi connectivity index (χ4n) is 4.52. The lowest BCUT2D eigenvalue weighted by molar-refractivity contribution is -0.140. The van der Waals surface area contributed by atoms with E-state index >= 15 is 0 Å². The Morgan fingerprint density at radius 2 is 2.19 bits per heavy atom. The van der Waals surface area contributed by atoms with Gasteiger partial charge >= 0.3 is 5.97 Å². The van der Waals surface area contributed by atoms with E-state index in [2.05, 4.69) is 50.1 Å². The third-order valence-electron chi connectivity index (χ3n) is 6.12. The van der Waals surface area contributed by atoms with Gasteiger partial charge in [-0.25, -0.2) is 0 Å². The number of allylic oxidation sites excluding steroid dienone is 1. The van der Waals surface area contributed by atoms with Gasteiger partial charge in [0.1, 0.15) is 11.5 Å². The van der Waals surface area contributed by atoms with Crippen LogP contribution in [0, 0.1) is 6.92 Å². The van der Waals surface area contributed by atoms with Crippen LogP contribution in [0.5, 0.6) is 5.75 Å². The molecule has 4 nitrogen and oxygen atoms in total. The number of esters is 1. The van der Waals surface area contributed by atoms with E-state index in [9.17, 15) is 4.79 Å². The van der Waals surface area contributed by atoms with Crippen LogP contribution in [0.4, 0.5) is 0 Å². The van der Waals surface area contributed by atoms with E-state index in [1.54, 1.807) is 7.11 Å². The topological polar surface area (TPSA) is 38.8 Å². The SMILES string of the molecule is CCCCC(=O)OC1=CC[C@@]2(c3ccc(OC)c(C)c3)CCN(C)[C@H]2C1. The molecule has 1 aromatic carbocycles. The molecule has 3 rings (SSSR count). The van der Waals surface area contributed by atoms with Crippen molar-refractivity contribution in [1.82, 2.24) is 4.90 Å². The summed E-state index contributed by atoms with van der Waals surface area (Å²) in [4.78, 5) is 14.4. The summed E-state index contributed by atoms with van der Waals surface area (Å²) in [6, 6.07) is 6.94. The molecule has 0 amide bonds. The van der Waals surface area contributed by atoms with Crippen LogP contribution in [0.15, 0.2) is 30.0 Å². The second-order valence-corrected chi connectivity index (χ2v) is 7.74. The average Bonchev–Trinajstić information content (AvgIpc) is 2.97. The number of carbonyl (C=O) groups excluding carboxylic acids is 1. The molecule has 0 radical (unpaired) electrons. The number of ether oxygens (including phenoxy) is 2. The average molecular weight is 357 g/mol. The van der Waals surface area contributed by atoms with Crippen molar-refractivity contribution >= 4 is 5.97 Å². The van der Waals surface area contributed by atoms with Crippen molar-refractivity contribution in [3.63, 3.8) is 0 Å². The van der Waals surface area contributed by atoms with E-state index in [0.29, 0.717) is 12.5 Å². The highest BCUT2D eigenvalue weighted by Crippen LogP contribution is 2.48. The van der Waals surface area contributed by atoms with E-state index in [1.165, 1.54) is 11.1 Å². The molecule has 26 heavy (non-hydrogen) atoms. The quantitative estimate of drug-likeness (QED) is 0.709. The van der Waals surface area contributed by atoms with Crippen molar-refractivity contribution in [3.05, 3.63) is 41.2 Å². The molecule has 4 heteroatoms. The number of fused-ring (bicyclic) bond motifs is 1. The molecule has 2 aliphatic rings. The standard InChI is InChI=1S/C22H31NO3/c1-5-6-7-21(24)26-18-10-11-22(12-13-23(3)20(22)15-18)17-8-9-19(25-4)16(2)14-17/h8-10,14,20H,5-7,11-13,15H2,1-4H3/t20-,22-/m0/s1. The maximum atomic E-state index is 12.0. The second-order valence-electron chi connectivity index (χ2n) is 7.74. The molecule has 1 aliphatic heterocycles. The maximum Gasteiger partial charge on any atom is 0.310 e. The largest absolute Gasteiger partial charge is 0.496 e. The Labute approximate surface area is 157 Å². The van der Waals surface area contributed by atoms with Crippen molar-refractivity contribution in [1.29, 1.82) is 0 Å². The van der Waals surface area contributed by atoms with Gasteiger partial charge in [0.15, 0.2) is 0 Å². The molecule has 0 N–H and O–H groups in total. The highest BCUT2D eigenvalue weighted by atomic mass is 16.5. The Morgan fingerprint density at radius 1 is 1.38 bits per heavy atom. The molecule has 1 aromatic rings. The summed E-state index contributed by atoms with van der Waals surface area (Å²) in [5.41, 5.74) is 2.65. The lowest BCUT2D eigenvalue weighted by Gasteiger charge is -2.41. The minimum absolute atomic E-state index is 0.0912. The summed E-state index contributed by atoms with van der Waals surface area (Å²) in [7, 11) is 3.90. The van der Waals surface area contributed by atoms with Gasteiger partial charge in [-0.3, -0.25) is 4.79 Å². The molecule has 0 bridgehead atoms. The van der Waals surface area contributed by atoms with Gasteiger partial charge in [-0.15, -0.1) is 0 Å². The molecule has 1 saturated heterocycles. The van der Waals surface area contributed by atoms with Crippen LogP contribution >= 0.6 is 0 Å². The number of hydrogen-bond donors (Lipinski definition) is 0. The highest BCUT2D eigenvalue weighted by molar-refractivity contribution is 5.70. The molecule has 0 spiro atoms. The van der Waals surface area contributed by atoms with Crippen LogP contribution in [0.3, 0.4) is 0 Å². The molecule has 2 atom stereocenters. The normalized spacial score (nSPS) is 25.5. The molecule has 0 saturated carbocycles. The molecule has 142 valence electrons. The smallest absolute Gasteiger partial charge is 0.310 e. The number of likely N-dealkylation sites (tertiary alicyclic amines) is 1. The summed E-state index contributed by atoms with van der Waals surface area (Å²) in [5, 5.41) is 0. The van der Waals surface area contributed by atoms with Crippen molar-refractivity contribution in [2.45, 2.75) is 63.8 Å². The maximum absolute atomic E-state index is 12.0. The van der Waals surface area contributed by atoms with Gasteiger partial charge in [-0.05, 0) is 63.0 Å². The first kappa shape index (κ1) is 19.0. The summed E-state index contributed by atoms with van der Waals surface area (Å²) in [6.07, 6.45) is 7.43. The number of aryl methyl sites for hydroxylation is 1. The minimum Gasteiger partial charge on any atom is -0.496 e. The zero-order valence-corrected chi connectivity index (χ0v) is 16.5. The number of hydrogen-bond acceptors (Lipinski definition) is 4. The molecule has 1 heterocycles. The Kier molecular flexibility index (Phi) is 5.71. The highest BCUT2D eigenvalue weighted by Gasteiger charge is 2.49. The zero-order valence-electron chi connectivity index (χ0n) is 16.5. The van der Waals surface area contributed by atoms with Crippen LogP contribution in [0.25, 0.3) is 0 Å². The summed E-state index contributed by atoms with van der Waals surface area (Å²) in [5.74, 6) is 1.70. The lowest BCUT2D eigenvalue weighted by Crippen LogP contribution is -2.43. The van der Waals surface area contributed by atoms with Gasteiger partial charge in [0.25, 0.3) is 0 Å². The van der Waals surface area contributed by atoms with Crippen molar-refractivity contribution < 1.29 is 14.3 Å². The van der Waals surface area contributed by atoms with E-state index in [0.717, 1.165) is 50.2 Å². The van der Waals surface area contributed by atoms with Gasteiger partial charge in [-0.2, -0.15) is 0 Å². The van der Waals surface area contributed by atoms with Crippen LogP contribution in [-0.2, 0) is 14.9 Å². The second kappa shape index (κ2) is 7.83. The molecule has 1 fully saturated rings. The fraction of sp³-hybridized carbons (Fsp3) is 0.591. The monoisotopic (exact) mass is 357 g/mol. The first-order chi connectivity index (χ1) is 12.5. The first-order valence-electron chi connectivity index (χ1n) is 9.75. The number of benzene rings is 1. The predicted octanol–water partition coefficient (Wildman–Crippen LogP) is 4.36. The van der Waals surface area contributed by atoms with Crippen LogP contribution < -0.4 is 4.74 Å². The van der Waals surface area contributed by atoms with E-state index in [4.69, 9.17) is 9.47 Å². The summed E-state index contributed by atoms with van der Waals surface area (Å²) in [6.45, 7) is 5.26. The van der Waals surface area contributed by atoms with E-state index in [1.807, 2.05) is 0 Å². The van der Waals surface area contributed by atoms with Gasteiger partial charge in [0.2, 0.25) is 0 Å². The van der Waals surface area contributed by atoms with Crippen molar-refractivity contribution in [2.24, 2.45) is 0 Å². The van der Waals surface area contributed by atoms with Crippen molar-refractivity contribution in [3.8, 4) is 5.75 Å². The van der Waals surface area contributed by atoms with Gasteiger partial charge in [-0.1, -0.05) is 25.5 Å². The predicted molar refractivity (Wildman–Crippen MR) is 103 cm³/mol. The summed E-state index contributed by atoms with van der Waals surface area (Å²) < 4.78 is 11.1. The molecule has 0 unspecified atom stereocenters. The fourth-order valence-corrected chi connectivity index (χ4v) is 4.52. The van der Waals surface area contributed by atoms with Gasteiger partial charge in [0.05, 0.1) is 7.11 Å². The lowest BCUT2D eigenvalue weighted by atomic mass is 9.68. The van der Waals surface area contributed by atoms with Gasteiger partial charge < -0.3 is 14.4 Å². The Balaban J connectivity index is 1.83. The molecule has 1 aliphatic carbocycles. The molecule has 0 aromatic heterocycles. The van der Waals surface area contributed by atoms with Gasteiger partial charge in [0, 0.05) is 24.3 Å². The molecular formula is C22H31NO3. The van der Waals surface area contributed by atoms with E-state index in [-0.39, 0.29) is 11.4 Å². The van der Waals surface area contributed by atoms with E-state index < -0.39 is 0 Å². The minimum atomic E-state index is -0.0912. The van der Waals surface area contributed by atoms with Crippen LogP contribution in [0.1, 0.15) is 56.6 Å². The number of rotatable bonds is 6. The number of carbonyl (C=O) groups is 1. The molecular weight excluding hydrogens is 326 g/mol. The third-order valence-corrected chi connectivity index (χ3v) is 6.12.